The molecule has 0 bridgehead atoms. The normalized spacial score (nSPS) is 16.2. The van der Waals surface area contributed by atoms with Gasteiger partial charge in [-0.25, -0.2) is 0 Å². The van der Waals surface area contributed by atoms with Gasteiger partial charge >= 0.3 is 0 Å². The zero-order chi connectivity index (χ0) is 11.4. The van der Waals surface area contributed by atoms with Gasteiger partial charge in [-0.15, -0.1) is 0 Å². The second-order valence-corrected chi connectivity index (χ2v) is 4.59. The first-order chi connectivity index (χ1) is 7.81. The van der Waals surface area contributed by atoms with E-state index in [-0.39, 0.29) is 0 Å². The van der Waals surface area contributed by atoms with E-state index in [0.29, 0.717) is 6.04 Å². The number of benzene rings is 1. The van der Waals surface area contributed by atoms with Gasteiger partial charge in [0, 0.05) is 6.20 Å². The lowest BCUT2D eigenvalue weighted by Gasteiger charge is -2.26. The van der Waals surface area contributed by atoms with Crippen LogP contribution in [0.25, 0.3) is 6.08 Å². The minimum atomic E-state index is 0.380. The van der Waals surface area contributed by atoms with Crippen LogP contribution >= 0.6 is 11.9 Å². The Hall–Kier alpha value is -1.41. The molecule has 0 N–H and O–H groups in total. The molecule has 1 nitrogen and oxygen atoms in total. The van der Waals surface area contributed by atoms with E-state index in [0.717, 1.165) is 5.56 Å². The highest BCUT2D eigenvalue weighted by molar-refractivity contribution is 8.00. The average molecular weight is 229 g/mol. The van der Waals surface area contributed by atoms with Gasteiger partial charge < -0.3 is 4.31 Å². The Labute approximate surface area is 101 Å². The maximum absolute atomic E-state index is 3.76. The van der Waals surface area contributed by atoms with E-state index in [2.05, 4.69) is 65.8 Å². The van der Waals surface area contributed by atoms with Crippen LogP contribution in [0.4, 0.5) is 0 Å². The SMILES string of the molecule is C=Cc1ccc(C(C)N2C=CC=CS2)cc1. The third kappa shape index (κ3) is 2.39. The van der Waals surface area contributed by atoms with Gasteiger partial charge in [0.15, 0.2) is 0 Å². The number of hydrogen-bond donors (Lipinski definition) is 0. The molecule has 1 atom stereocenters. The van der Waals surface area contributed by atoms with Crippen LogP contribution in [0.15, 0.2) is 54.6 Å². The fourth-order valence-electron chi connectivity index (χ4n) is 1.60. The molecule has 1 aliphatic heterocycles. The number of rotatable bonds is 3. The Morgan fingerprint density at radius 1 is 1.25 bits per heavy atom. The molecule has 0 spiro atoms. The fraction of sp³-hybridized carbons (Fsp3) is 0.143. The summed E-state index contributed by atoms with van der Waals surface area (Å²) in [5.41, 5.74) is 2.48. The summed E-state index contributed by atoms with van der Waals surface area (Å²) in [5.74, 6) is 0. The Morgan fingerprint density at radius 3 is 2.56 bits per heavy atom. The van der Waals surface area contributed by atoms with Crippen LogP contribution in [0.5, 0.6) is 0 Å². The molecular formula is C14H15NS. The molecule has 82 valence electrons. The second kappa shape index (κ2) is 5.08. The summed E-state index contributed by atoms with van der Waals surface area (Å²) in [6.07, 6.45) is 8.09. The highest BCUT2D eigenvalue weighted by atomic mass is 32.2. The highest BCUT2D eigenvalue weighted by Crippen LogP contribution is 2.30. The second-order valence-electron chi connectivity index (χ2n) is 3.68. The average Bonchev–Trinajstić information content (AvgIpc) is 2.39. The third-order valence-electron chi connectivity index (χ3n) is 2.64. The first-order valence-corrected chi connectivity index (χ1v) is 6.16. The first-order valence-electron chi connectivity index (χ1n) is 5.32. The number of nitrogens with zero attached hydrogens (tertiary/aromatic N) is 1. The quantitative estimate of drug-likeness (QED) is 0.707. The Morgan fingerprint density at radius 2 is 2.00 bits per heavy atom. The van der Waals surface area contributed by atoms with Gasteiger partial charge in [-0.2, -0.15) is 0 Å². The van der Waals surface area contributed by atoms with Crippen LogP contribution in [-0.2, 0) is 0 Å². The van der Waals surface area contributed by atoms with Crippen molar-refractivity contribution in [1.82, 2.24) is 4.31 Å². The van der Waals surface area contributed by atoms with Crippen LogP contribution < -0.4 is 0 Å². The van der Waals surface area contributed by atoms with E-state index in [1.165, 1.54) is 5.56 Å². The molecule has 1 heterocycles. The van der Waals surface area contributed by atoms with E-state index in [4.69, 9.17) is 0 Å². The van der Waals surface area contributed by atoms with Crippen molar-refractivity contribution < 1.29 is 0 Å². The Kier molecular flexibility index (Phi) is 3.52. The summed E-state index contributed by atoms with van der Waals surface area (Å²) in [6.45, 7) is 5.97. The van der Waals surface area contributed by atoms with Crippen molar-refractivity contribution in [3.8, 4) is 0 Å². The Bertz CT molecular complexity index is 417. The van der Waals surface area contributed by atoms with Gasteiger partial charge in [0.1, 0.15) is 0 Å². The van der Waals surface area contributed by atoms with Crippen LogP contribution in [0.3, 0.4) is 0 Å². The van der Waals surface area contributed by atoms with Crippen molar-refractivity contribution in [3.63, 3.8) is 0 Å². The molecule has 0 fully saturated rings. The molecule has 2 rings (SSSR count). The minimum Gasteiger partial charge on any atom is -0.312 e. The topological polar surface area (TPSA) is 3.24 Å². The van der Waals surface area contributed by atoms with Gasteiger partial charge in [0.2, 0.25) is 0 Å². The van der Waals surface area contributed by atoms with Crippen LogP contribution in [0.1, 0.15) is 24.1 Å². The fourth-order valence-corrected chi connectivity index (χ4v) is 2.34. The molecule has 0 saturated carbocycles. The molecule has 1 aromatic rings. The predicted octanol–water partition coefficient (Wildman–Crippen LogP) is 4.38. The number of allylic oxidation sites excluding steroid dienone is 2. The molecule has 0 aliphatic carbocycles. The predicted molar refractivity (Wildman–Crippen MR) is 72.7 cm³/mol. The van der Waals surface area contributed by atoms with Gasteiger partial charge in [0.25, 0.3) is 0 Å². The van der Waals surface area contributed by atoms with Gasteiger partial charge in [-0.05, 0) is 41.5 Å². The largest absolute Gasteiger partial charge is 0.312 e. The zero-order valence-electron chi connectivity index (χ0n) is 9.34. The van der Waals surface area contributed by atoms with Crippen LogP contribution in [-0.4, -0.2) is 4.31 Å². The highest BCUT2D eigenvalue weighted by Gasteiger charge is 2.12. The molecule has 0 amide bonds. The van der Waals surface area contributed by atoms with Crippen molar-refractivity contribution in [3.05, 3.63) is 65.7 Å². The molecule has 2 heteroatoms. The van der Waals surface area contributed by atoms with E-state index in [9.17, 15) is 0 Å². The van der Waals surface area contributed by atoms with Crippen molar-refractivity contribution in [2.45, 2.75) is 13.0 Å². The molecule has 0 saturated heterocycles. The summed E-state index contributed by atoms with van der Waals surface area (Å²) >= 11 is 1.72. The number of hydrogen-bond acceptors (Lipinski definition) is 2. The standard InChI is InChI=1S/C14H15NS/c1-3-13-6-8-14(9-7-13)12(2)15-10-4-5-11-16-15/h3-12H,1H2,2H3. The van der Waals surface area contributed by atoms with Crippen molar-refractivity contribution in [1.29, 1.82) is 0 Å². The van der Waals surface area contributed by atoms with Gasteiger partial charge in [-0.3, -0.25) is 0 Å². The molecule has 1 unspecified atom stereocenters. The molecule has 16 heavy (non-hydrogen) atoms. The lowest BCUT2D eigenvalue weighted by atomic mass is 10.1. The first kappa shape index (κ1) is 11.1. The van der Waals surface area contributed by atoms with Crippen molar-refractivity contribution >= 4 is 18.0 Å². The molecular weight excluding hydrogens is 214 g/mol. The maximum atomic E-state index is 3.76. The smallest absolute Gasteiger partial charge is 0.0624 e. The molecule has 0 radical (unpaired) electrons. The third-order valence-corrected chi connectivity index (χ3v) is 3.60. The monoisotopic (exact) mass is 229 g/mol. The van der Waals surface area contributed by atoms with Crippen LogP contribution in [0.2, 0.25) is 0 Å². The molecule has 0 aromatic heterocycles. The summed E-state index contributed by atoms with van der Waals surface area (Å²) in [6, 6.07) is 8.91. The van der Waals surface area contributed by atoms with Gasteiger partial charge in [0.05, 0.1) is 6.04 Å². The Balaban J connectivity index is 2.13. The van der Waals surface area contributed by atoms with E-state index < -0.39 is 0 Å². The lowest BCUT2D eigenvalue weighted by molar-refractivity contribution is 0.495. The van der Waals surface area contributed by atoms with Crippen molar-refractivity contribution in [2.75, 3.05) is 0 Å². The van der Waals surface area contributed by atoms with Crippen molar-refractivity contribution in [2.24, 2.45) is 0 Å². The minimum absolute atomic E-state index is 0.380. The van der Waals surface area contributed by atoms with E-state index in [1.807, 2.05) is 6.08 Å². The zero-order valence-corrected chi connectivity index (χ0v) is 10.2. The summed E-state index contributed by atoms with van der Waals surface area (Å²) in [7, 11) is 0. The summed E-state index contributed by atoms with van der Waals surface area (Å²) < 4.78 is 2.24. The van der Waals surface area contributed by atoms with Gasteiger partial charge in [-0.1, -0.05) is 43.0 Å². The maximum Gasteiger partial charge on any atom is 0.0624 e. The molecule has 1 aromatic carbocycles. The summed E-state index contributed by atoms with van der Waals surface area (Å²) in [5, 5.41) is 2.09. The van der Waals surface area contributed by atoms with Crippen LogP contribution in [0, 0.1) is 0 Å². The lowest BCUT2D eigenvalue weighted by Crippen LogP contribution is -2.13. The molecule has 1 aliphatic rings. The van der Waals surface area contributed by atoms with E-state index >= 15 is 0 Å². The van der Waals surface area contributed by atoms with E-state index in [1.54, 1.807) is 11.9 Å². The summed E-state index contributed by atoms with van der Waals surface area (Å²) in [4.78, 5) is 0.